The summed E-state index contributed by atoms with van der Waals surface area (Å²) < 4.78 is 32.2. The number of aliphatic hydroxyl groups excluding tert-OH is 2. The van der Waals surface area contributed by atoms with Gasteiger partial charge >= 0.3 is 0 Å². The zero-order valence-corrected chi connectivity index (χ0v) is 35.1. The molecule has 7 rings (SSSR count). The standard InChI is InChI=1S/C47H58N2O9S/c1-4-21-49(46(52)33-17-19-41-42(28-33)56-31-55-41)43-30-39(48-53-3)37-27-32(13-9-11-22-50)36(16-10-12-23-51)44-38-29-34(54-25-26-59-35-14-7-6-8-15-35)18-20-40(38)58-47(43,45(37)44)57-24-5-2/h5-8,14-15,17-20,27-29,32,36,43-45,50-51H,2,4,9-13,16,21-26,30-31H2,1,3H3. The summed E-state index contributed by atoms with van der Waals surface area (Å²) >= 11 is 1.75. The van der Waals surface area contributed by atoms with Gasteiger partial charge in [-0.05, 0) is 98.0 Å². The molecule has 11 nitrogen and oxygen atoms in total. The van der Waals surface area contributed by atoms with E-state index < -0.39 is 17.7 Å². The number of ether oxygens (including phenoxy) is 5. The van der Waals surface area contributed by atoms with Gasteiger partial charge in [-0.2, -0.15) is 0 Å². The summed E-state index contributed by atoms with van der Waals surface area (Å²) in [4.78, 5) is 23.6. The average molecular weight is 827 g/mol. The van der Waals surface area contributed by atoms with E-state index in [1.165, 1.54) is 4.90 Å². The molecule has 4 aliphatic rings. The molecule has 1 fully saturated rings. The summed E-state index contributed by atoms with van der Waals surface area (Å²) in [5.41, 5.74) is 3.24. The molecule has 316 valence electrons. The van der Waals surface area contributed by atoms with Gasteiger partial charge in [0.15, 0.2) is 11.5 Å². The van der Waals surface area contributed by atoms with Gasteiger partial charge in [0.05, 0.1) is 24.8 Å². The van der Waals surface area contributed by atoms with Crippen molar-refractivity contribution in [1.29, 1.82) is 0 Å². The number of thioether (sulfide) groups is 1. The Morgan fingerprint density at radius 2 is 1.78 bits per heavy atom. The van der Waals surface area contributed by atoms with Gasteiger partial charge in [-0.15, -0.1) is 18.3 Å². The molecule has 3 aromatic rings. The number of oxime groups is 1. The number of hydrogen-bond donors (Lipinski definition) is 2. The summed E-state index contributed by atoms with van der Waals surface area (Å²) in [6.45, 7) is 7.59. The minimum atomic E-state index is -1.34. The number of carbonyl (C=O) groups is 1. The molecule has 3 aromatic carbocycles. The number of allylic oxidation sites excluding steroid dienone is 1. The lowest BCUT2D eigenvalue weighted by atomic mass is 9.55. The van der Waals surface area contributed by atoms with Gasteiger partial charge in [0.25, 0.3) is 5.91 Å². The first-order chi connectivity index (χ1) is 29.0. The van der Waals surface area contributed by atoms with Gasteiger partial charge in [-0.1, -0.05) is 55.3 Å². The molecule has 0 saturated heterocycles. The normalized spacial score (nSPS) is 24.4. The number of rotatable bonds is 21. The quantitative estimate of drug-likeness (QED) is 0.0468. The Hall–Kier alpha value is -4.49. The Morgan fingerprint density at radius 1 is 1.00 bits per heavy atom. The summed E-state index contributed by atoms with van der Waals surface area (Å²) in [7, 11) is 1.56. The van der Waals surface area contributed by atoms with Crippen LogP contribution in [0.2, 0.25) is 0 Å². The average Bonchev–Trinajstić information content (AvgIpc) is 3.74. The second-order valence-electron chi connectivity index (χ2n) is 15.5. The highest BCUT2D eigenvalue weighted by molar-refractivity contribution is 7.99. The minimum absolute atomic E-state index is 0.106. The van der Waals surface area contributed by atoms with Crippen molar-refractivity contribution in [3.63, 3.8) is 0 Å². The van der Waals surface area contributed by atoms with Gasteiger partial charge in [-0.25, -0.2) is 0 Å². The van der Waals surface area contributed by atoms with E-state index in [1.54, 1.807) is 43.1 Å². The van der Waals surface area contributed by atoms with E-state index in [4.69, 9.17) is 33.7 Å². The van der Waals surface area contributed by atoms with Gasteiger partial charge < -0.3 is 43.6 Å². The van der Waals surface area contributed by atoms with Crippen molar-refractivity contribution >= 4 is 23.4 Å². The molecule has 59 heavy (non-hydrogen) atoms. The number of fused-ring (bicyclic) bond motifs is 3. The molecule has 1 saturated carbocycles. The first kappa shape index (κ1) is 42.6. The van der Waals surface area contributed by atoms with Crippen LogP contribution in [-0.4, -0.2) is 91.2 Å². The number of aliphatic hydroxyl groups is 2. The van der Waals surface area contributed by atoms with Gasteiger partial charge in [0, 0.05) is 53.9 Å². The molecule has 0 aromatic heterocycles. The van der Waals surface area contributed by atoms with Crippen LogP contribution in [0.4, 0.5) is 0 Å². The minimum Gasteiger partial charge on any atom is -0.493 e. The molecular weight excluding hydrogens is 769 g/mol. The van der Waals surface area contributed by atoms with Crippen molar-refractivity contribution in [2.45, 2.75) is 80.9 Å². The van der Waals surface area contributed by atoms with E-state index in [0.29, 0.717) is 61.6 Å². The summed E-state index contributed by atoms with van der Waals surface area (Å²) in [6, 6.07) is 21.1. The van der Waals surface area contributed by atoms with Crippen molar-refractivity contribution in [2.24, 2.45) is 22.9 Å². The lowest BCUT2D eigenvalue weighted by Gasteiger charge is -2.60. The Bertz CT molecular complexity index is 1960. The van der Waals surface area contributed by atoms with Crippen molar-refractivity contribution in [2.75, 3.05) is 52.6 Å². The van der Waals surface area contributed by atoms with Crippen LogP contribution in [0.25, 0.3) is 0 Å². The number of nitrogens with zero attached hydrogens (tertiary/aromatic N) is 2. The molecule has 0 spiro atoms. The van der Waals surface area contributed by atoms with Gasteiger partial charge in [-0.3, -0.25) is 4.79 Å². The van der Waals surface area contributed by atoms with E-state index >= 15 is 0 Å². The second-order valence-corrected chi connectivity index (χ2v) is 16.7. The number of amides is 1. The molecule has 1 amide bonds. The lowest BCUT2D eigenvalue weighted by Crippen LogP contribution is -2.70. The fraction of sp³-hybridized carbons (Fsp3) is 0.489. The van der Waals surface area contributed by atoms with E-state index in [0.717, 1.165) is 54.0 Å². The third kappa shape index (κ3) is 9.16. The van der Waals surface area contributed by atoms with Crippen LogP contribution in [-0.2, 0) is 9.57 Å². The largest absolute Gasteiger partial charge is 0.493 e. The molecular formula is C47H58N2O9S. The molecule has 2 N–H and O–H groups in total. The Morgan fingerprint density at radius 3 is 2.54 bits per heavy atom. The zero-order chi connectivity index (χ0) is 41.2. The summed E-state index contributed by atoms with van der Waals surface area (Å²) in [6.07, 6.45) is 9.89. The predicted octanol–water partition coefficient (Wildman–Crippen LogP) is 8.40. The SMILES string of the molecule is C=CCOC12Oc3ccc(OCCSc4ccccc4)cc3C3C(CCCCO)C(CCCCO)C=C(C(=NOC)CC1N(CCC)C(=O)c1ccc4c(c1)OCO4)C32. The topological polar surface area (TPSA) is 129 Å². The zero-order valence-electron chi connectivity index (χ0n) is 34.3. The second kappa shape index (κ2) is 20.2. The Balaban J connectivity index is 1.36. The van der Waals surface area contributed by atoms with Gasteiger partial charge in [0.2, 0.25) is 12.6 Å². The number of benzene rings is 3. The highest BCUT2D eigenvalue weighted by Gasteiger charge is 2.65. The number of carbonyl (C=O) groups excluding carboxylic acids is 1. The van der Waals surface area contributed by atoms with Crippen LogP contribution in [0.1, 0.15) is 80.1 Å². The molecule has 6 atom stereocenters. The highest BCUT2D eigenvalue weighted by Crippen LogP contribution is 2.62. The maximum absolute atomic E-state index is 14.9. The monoisotopic (exact) mass is 826 g/mol. The molecule has 12 heteroatoms. The first-order valence-electron chi connectivity index (χ1n) is 21.1. The molecule has 0 bridgehead atoms. The van der Waals surface area contributed by atoms with Crippen LogP contribution in [0.3, 0.4) is 0 Å². The maximum Gasteiger partial charge on any atom is 0.254 e. The van der Waals surface area contributed by atoms with Crippen LogP contribution >= 0.6 is 11.8 Å². The first-order valence-corrected chi connectivity index (χ1v) is 22.1. The van der Waals surface area contributed by atoms with E-state index in [-0.39, 0.29) is 50.3 Å². The third-order valence-corrected chi connectivity index (χ3v) is 12.9. The summed E-state index contributed by atoms with van der Waals surface area (Å²) in [5.74, 6) is 1.55. The number of unbranched alkanes of at least 4 members (excludes halogenated alkanes) is 2. The van der Waals surface area contributed by atoms with Crippen LogP contribution < -0.4 is 18.9 Å². The van der Waals surface area contributed by atoms with Crippen LogP contribution in [0, 0.1) is 17.8 Å². The smallest absolute Gasteiger partial charge is 0.254 e. The third-order valence-electron chi connectivity index (χ3n) is 11.9. The highest BCUT2D eigenvalue weighted by atomic mass is 32.2. The molecule has 2 aliphatic heterocycles. The van der Waals surface area contributed by atoms with Crippen molar-refractivity contribution in [1.82, 2.24) is 4.90 Å². The maximum atomic E-state index is 14.9. The fourth-order valence-corrected chi connectivity index (χ4v) is 10.3. The van der Waals surface area contributed by atoms with Crippen LogP contribution in [0.15, 0.2) is 101 Å². The molecule has 6 unspecified atom stereocenters. The van der Waals surface area contributed by atoms with Crippen molar-refractivity contribution < 1.29 is 43.5 Å². The van der Waals surface area contributed by atoms with Gasteiger partial charge in [0.1, 0.15) is 24.7 Å². The Kier molecular flexibility index (Phi) is 14.6. The lowest BCUT2D eigenvalue weighted by molar-refractivity contribution is -0.254. The van der Waals surface area contributed by atoms with E-state index in [1.807, 2.05) is 35.2 Å². The van der Waals surface area contributed by atoms with Crippen LogP contribution in [0.5, 0.6) is 23.0 Å². The predicted molar refractivity (Wildman–Crippen MR) is 229 cm³/mol. The van der Waals surface area contributed by atoms with E-state index in [9.17, 15) is 15.0 Å². The van der Waals surface area contributed by atoms with E-state index in [2.05, 4.69) is 37.8 Å². The fourth-order valence-electron chi connectivity index (χ4n) is 9.52. The Labute approximate surface area is 352 Å². The van der Waals surface area contributed by atoms with Crippen molar-refractivity contribution in [3.05, 3.63) is 102 Å². The number of hydrogen-bond acceptors (Lipinski definition) is 11. The summed E-state index contributed by atoms with van der Waals surface area (Å²) in [5, 5.41) is 24.5. The molecule has 2 aliphatic carbocycles. The molecule has 0 radical (unpaired) electrons. The molecule has 2 heterocycles. The van der Waals surface area contributed by atoms with Crippen molar-refractivity contribution in [3.8, 4) is 23.0 Å².